The maximum atomic E-state index is 11.9. The lowest BCUT2D eigenvalue weighted by atomic mass is 10.2. The van der Waals surface area contributed by atoms with E-state index in [-0.39, 0.29) is 5.97 Å². The summed E-state index contributed by atoms with van der Waals surface area (Å²) in [4.78, 5) is 11.9. The predicted molar refractivity (Wildman–Crippen MR) is 72.6 cm³/mol. The zero-order valence-electron chi connectivity index (χ0n) is 9.17. The molecule has 2 aromatic heterocycles. The van der Waals surface area contributed by atoms with Crippen molar-refractivity contribution >= 4 is 54.0 Å². The van der Waals surface area contributed by atoms with E-state index in [2.05, 4.69) is 15.9 Å². The highest BCUT2D eigenvalue weighted by Gasteiger charge is 2.21. The first kappa shape index (κ1) is 12.1. The molecule has 2 nitrogen and oxygen atoms in total. The number of hydrogen-bond donors (Lipinski definition) is 0. The summed E-state index contributed by atoms with van der Waals surface area (Å²) in [6, 6.07) is 1.97. The van der Waals surface area contributed by atoms with Gasteiger partial charge in [0.2, 0.25) is 0 Å². The van der Waals surface area contributed by atoms with Crippen molar-refractivity contribution in [2.45, 2.75) is 26.4 Å². The van der Waals surface area contributed by atoms with E-state index in [0.29, 0.717) is 5.56 Å². The van der Waals surface area contributed by atoms with E-state index in [1.807, 2.05) is 32.2 Å². The molecule has 0 fully saturated rings. The number of ether oxygens (including phenoxy) is 1. The molecule has 0 bridgehead atoms. The summed E-state index contributed by atoms with van der Waals surface area (Å²) in [6.45, 7) is 5.62. The van der Waals surface area contributed by atoms with Gasteiger partial charge in [0.05, 0.1) is 13.4 Å². The van der Waals surface area contributed by atoms with E-state index in [1.54, 1.807) is 22.7 Å². The Morgan fingerprint density at radius 3 is 2.75 bits per heavy atom. The van der Waals surface area contributed by atoms with Crippen LogP contribution in [0.15, 0.2) is 15.2 Å². The minimum Gasteiger partial charge on any atom is -0.456 e. The van der Waals surface area contributed by atoms with E-state index < -0.39 is 5.60 Å². The zero-order valence-corrected chi connectivity index (χ0v) is 12.4. The lowest BCUT2D eigenvalue weighted by Gasteiger charge is -2.18. The fraction of sp³-hybridized carbons (Fsp3) is 0.364. The summed E-state index contributed by atoms with van der Waals surface area (Å²) >= 11 is 6.63. The van der Waals surface area contributed by atoms with Crippen molar-refractivity contribution in [3.05, 3.63) is 20.8 Å². The molecule has 2 heterocycles. The summed E-state index contributed by atoms with van der Waals surface area (Å²) in [5.41, 5.74) is 0.218. The maximum Gasteiger partial charge on any atom is 0.340 e. The predicted octanol–water partition coefficient (Wildman–Crippen LogP) is 4.68. The van der Waals surface area contributed by atoms with Crippen LogP contribution < -0.4 is 0 Å². The molecule has 0 unspecified atom stereocenters. The third-order valence-electron chi connectivity index (χ3n) is 1.86. The van der Waals surface area contributed by atoms with Gasteiger partial charge in [-0.15, -0.1) is 22.7 Å². The number of rotatable bonds is 1. The number of halogens is 1. The number of hydrogen-bond acceptors (Lipinski definition) is 4. The molecule has 0 amide bonds. The Bertz CT molecular complexity index is 534. The number of thiophene rings is 2. The molecule has 0 aliphatic rings. The normalized spacial score (nSPS) is 12.0. The first-order valence-corrected chi connectivity index (χ1v) is 7.25. The van der Waals surface area contributed by atoms with Crippen LogP contribution in [0.3, 0.4) is 0 Å². The van der Waals surface area contributed by atoms with Crippen LogP contribution in [-0.2, 0) is 4.74 Å². The van der Waals surface area contributed by atoms with Crippen LogP contribution in [0, 0.1) is 0 Å². The monoisotopic (exact) mass is 318 g/mol. The highest BCUT2D eigenvalue weighted by Crippen LogP contribution is 2.37. The Hall–Kier alpha value is -0.390. The minimum atomic E-state index is -0.446. The third kappa shape index (κ3) is 2.47. The van der Waals surface area contributed by atoms with Crippen molar-refractivity contribution in [2.24, 2.45) is 0 Å². The van der Waals surface area contributed by atoms with Crippen molar-refractivity contribution in [2.75, 3.05) is 0 Å². The fourth-order valence-corrected chi connectivity index (χ4v) is 4.31. The second-order valence-corrected chi connectivity index (χ2v) is 7.97. The summed E-state index contributed by atoms with van der Waals surface area (Å²) in [5, 5.41) is 2.85. The Labute approximate surface area is 110 Å². The Morgan fingerprint density at radius 1 is 1.44 bits per heavy atom. The van der Waals surface area contributed by atoms with Crippen LogP contribution in [-0.4, -0.2) is 11.6 Å². The van der Waals surface area contributed by atoms with Crippen molar-refractivity contribution in [3.8, 4) is 0 Å². The van der Waals surface area contributed by atoms with Crippen LogP contribution in [0.25, 0.3) is 9.40 Å². The first-order chi connectivity index (χ1) is 7.37. The highest BCUT2D eigenvalue weighted by atomic mass is 79.9. The van der Waals surface area contributed by atoms with Gasteiger partial charge in [0.25, 0.3) is 0 Å². The molecule has 0 N–H and O–H groups in total. The van der Waals surface area contributed by atoms with Crippen LogP contribution >= 0.6 is 38.6 Å². The lowest BCUT2D eigenvalue weighted by Crippen LogP contribution is -2.23. The van der Waals surface area contributed by atoms with Crippen LogP contribution in [0.4, 0.5) is 0 Å². The van der Waals surface area contributed by atoms with Gasteiger partial charge in [0.15, 0.2) is 0 Å². The summed E-state index contributed by atoms with van der Waals surface area (Å²) < 4.78 is 7.54. The van der Waals surface area contributed by atoms with Gasteiger partial charge in [0.1, 0.15) is 5.60 Å². The average molecular weight is 319 g/mol. The molecule has 0 atom stereocenters. The molecule has 86 valence electrons. The first-order valence-electron chi connectivity index (χ1n) is 4.77. The molecular formula is C11H11BrO2S2. The number of carbonyl (C=O) groups excluding carboxylic acids is 1. The molecule has 0 aliphatic heterocycles. The SMILES string of the molecule is CC(C)(C)OC(=O)c1csc2sc(Br)cc12. The number of carbonyl (C=O) groups is 1. The standard InChI is InChI=1S/C11H11BrO2S2/c1-11(2,3)14-9(13)7-5-15-10-6(7)4-8(12)16-10/h4-5H,1-3H3. The smallest absolute Gasteiger partial charge is 0.340 e. The molecule has 0 spiro atoms. The molecule has 5 heteroatoms. The average Bonchev–Trinajstić information content (AvgIpc) is 2.58. The molecule has 0 saturated heterocycles. The van der Waals surface area contributed by atoms with Gasteiger partial charge in [-0.3, -0.25) is 0 Å². The van der Waals surface area contributed by atoms with Gasteiger partial charge in [-0.25, -0.2) is 4.79 Å². The molecule has 0 aromatic carbocycles. The van der Waals surface area contributed by atoms with Crippen molar-refractivity contribution < 1.29 is 9.53 Å². The maximum absolute atomic E-state index is 11.9. The zero-order chi connectivity index (χ0) is 11.9. The Kier molecular flexibility index (Phi) is 3.11. The molecule has 0 saturated carbocycles. The van der Waals surface area contributed by atoms with E-state index in [4.69, 9.17) is 4.74 Å². The van der Waals surface area contributed by atoms with Gasteiger partial charge < -0.3 is 4.74 Å². The topological polar surface area (TPSA) is 26.3 Å². The Morgan fingerprint density at radius 2 is 2.12 bits per heavy atom. The summed E-state index contributed by atoms with van der Waals surface area (Å²) in [5.74, 6) is -0.246. The van der Waals surface area contributed by atoms with Gasteiger partial charge in [-0.1, -0.05) is 0 Å². The van der Waals surface area contributed by atoms with Gasteiger partial charge in [-0.2, -0.15) is 0 Å². The van der Waals surface area contributed by atoms with E-state index in [0.717, 1.165) is 13.2 Å². The molecule has 0 radical (unpaired) electrons. The number of esters is 1. The van der Waals surface area contributed by atoms with Crippen molar-refractivity contribution in [1.29, 1.82) is 0 Å². The highest BCUT2D eigenvalue weighted by molar-refractivity contribution is 9.11. The molecular weight excluding hydrogens is 308 g/mol. The second-order valence-electron chi connectivity index (χ2n) is 4.40. The fourth-order valence-electron chi connectivity index (χ4n) is 1.29. The van der Waals surface area contributed by atoms with E-state index >= 15 is 0 Å². The second kappa shape index (κ2) is 4.13. The van der Waals surface area contributed by atoms with E-state index in [1.165, 1.54) is 0 Å². The third-order valence-corrected chi connectivity index (χ3v) is 4.62. The van der Waals surface area contributed by atoms with Crippen LogP contribution in [0.5, 0.6) is 0 Å². The summed E-state index contributed by atoms with van der Waals surface area (Å²) in [7, 11) is 0. The molecule has 2 aromatic rings. The largest absolute Gasteiger partial charge is 0.456 e. The van der Waals surface area contributed by atoms with Crippen LogP contribution in [0.2, 0.25) is 0 Å². The molecule has 16 heavy (non-hydrogen) atoms. The van der Waals surface area contributed by atoms with E-state index in [9.17, 15) is 4.79 Å². The van der Waals surface area contributed by atoms with Gasteiger partial charge >= 0.3 is 5.97 Å². The summed E-state index contributed by atoms with van der Waals surface area (Å²) in [6.07, 6.45) is 0. The molecule has 0 aliphatic carbocycles. The Balaban J connectivity index is 2.36. The van der Waals surface area contributed by atoms with Crippen LogP contribution in [0.1, 0.15) is 31.1 Å². The van der Waals surface area contributed by atoms with Crippen molar-refractivity contribution in [3.63, 3.8) is 0 Å². The number of fused-ring (bicyclic) bond motifs is 1. The minimum absolute atomic E-state index is 0.246. The molecule has 2 rings (SSSR count). The van der Waals surface area contributed by atoms with Gasteiger partial charge in [-0.05, 0) is 42.8 Å². The van der Waals surface area contributed by atoms with Crippen molar-refractivity contribution in [1.82, 2.24) is 0 Å². The quantitative estimate of drug-likeness (QED) is 0.713. The lowest BCUT2D eigenvalue weighted by molar-refractivity contribution is 0.00724. The van der Waals surface area contributed by atoms with Gasteiger partial charge in [0, 0.05) is 10.8 Å².